The van der Waals surface area contributed by atoms with Crippen molar-refractivity contribution in [3.05, 3.63) is 35.9 Å². The average molecular weight is 401 g/mol. The summed E-state index contributed by atoms with van der Waals surface area (Å²) >= 11 is 0. The van der Waals surface area contributed by atoms with E-state index in [1.54, 1.807) is 0 Å². The molecule has 2 N–H and O–H groups in total. The number of piperidine rings is 1. The lowest BCUT2D eigenvalue weighted by Crippen LogP contribution is -2.45. The van der Waals surface area contributed by atoms with Gasteiger partial charge in [0.25, 0.3) is 0 Å². The third kappa shape index (κ3) is 3.79. The SMILES string of the molecule is Cc1nc(C(C)(C)NC(=O)[C@H]2[C@@H]3CN(C(O)OC(C)(C)C)C[C@@H]32)c2ccccn12. The van der Waals surface area contributed by atoms with Gasteiger partial charge in [-0.2, -0.15) is 0 Å². The summed E-state index contributed by atoms with van der Waals surface area (Å²) in [4.78, 5) is 19.6. The maximum atomic E-state index is 13.0. The Bertz CT molecular complexity index is 918. The molecule has 7 nitrogen and oxygen atoms in total. The molecule has 0 radical (unpaired) electrons. The zero-order valence-corrected chi connectivity index (χ0v) is 18.1. The number of carbonyl (C=O) groups excluding carboxylic acids is 1. The van der Waals surface area contributed by atoms with Crippen molar-refractivity contribution >= 4 is 11.4 Å². The van der Waals surface area contributed by atoms with Gasteiger partial charge in [-0.15, -0.1) is 0 Å². The monoisotopic (exact) mass is 400 g/mol. The molecule has 29 heavy (non-hydrogen) atoms. The molecular formula is C22H32N4O3. The summed E-state index contributed by atoms with van der Waals surface area (Å²) < 4.78 is 7.68. The third-order valence-electron chi connectivity index (χ3n) is 6.05. The number of fused-ring (bicyclic) bond motifs is 2. The van der Waals surface area contributed by atoms with Crippen LogP contribution in [-0.4, -0.2) is 50.4 Å². The van der Waals surface area contributed by atoms with Gasteiger partial charge in [-0.25, -0.2) is 4.98 Å². The quantitative estimate of drug-likeness (QED) is 0.753. The molecule has 1 unspecified atom stereocenters. The van der Waals surface area contributed by atoms with Crippen LogP contribution in [0.3, 0.4) is 0 Å². The van der Waals surface area contributed by atoms with Gasteiger partial charge in [0.2, 0.25) is 12.3 Å². The first kappa shape index (κ1) is 20.3. The highest BCUT2D eigenvalue weighted by atomic mass is 16.6. The molecule has 0 spiro atoms. The van der Waals surface area contributed by atoms with Gasteiger partial charge in [0.15, 0.2) is 0 Å². The topological polar surface area (TPSA) is 79.1 Å². The number of ether oxygens (including phenoxy) is 1. The van der Waals surface area contributed by atoms with Crippen molar-refractivity contribution in [2.24, 2.45) is 17.8 Å². The fraction of sp³-hybridized carbons (Fsp3) is 0.636. The number of likely N-dealkylation sites (tertiary alicyclic amines) is 1. The molecule has 1 amide bonds. The summed E-state index contributed by atoms with van der Waals surface area (Å²) in [6.07, 6.45) is 1.08. The Hall–Kier alpha value is -1.96. The molecule has 2 aromatic rings. The van der Waals surface area contributed by atoms with Crippen LogP contribution in [0, 0.1) is 24.7 Å². The average Bonchev–Trinajstić information content (AvgIpc) is 2.95. The number of carbonyl (C=O) groups is 1. The molecule has 1 saturated carbocycles. The van der Waals surface area contributed by atoms with Crippen LogP contribution in [0.1, 0.15) is 46.1 Å². The van der Waals surface area contributed by atoms with Crippen molar-refractivity contribution in [2.75, 3.05) is 13.1 Å². The number of nitrogens with one attached hydrogen (secondary N) is 1. The van der Waals surface area contributed by atoms with Crippen LogP contribution in [0.25, 0.3) is 5.52 Å². The largest absolute Gasteiger partial charge is 0.356 e. The summed E-state index contributed by atoms with van der Waals surface area (Å²) in [5, 5.41) is 13.5. The molecule has 3 heterocycles. The Kier molecular flexibility index (Phi) is 4.76. The summed E-state index contributed by atoms with van der Waals surface area (Å²) in [6.45, 7) is 13.1. The van der Waals surface area contributed by atoms with E-state index in [0.29, 0.717) is 13.1 Å². The Morgan fingerprint density at radius 2 is 1.90 bits per heavy atom. The first-order valence-corrected chi connectivity index (χ1v) is 10.3. The van der Waals surface area contributed by atoms with E-state index in [4.69, 9.17) is 9.72 Å². The highest BCUT2D eigenvalue weighted by Crippen LogP contribution is 2.52. The van der Waals surface area contributed by atoms with Crippen molar-refractivity contribution in [1.29, 1.82) is 0 Å². The van der Waals surface area contributed by atoms with Crippen LogP contribution in [0.15, 0.2) is 24.4 Å². The molecule has 0 aromatic carbocycles. The molecule has 4 atom stereocenters. The van der Waals surface area contributed by atoms with Crippen molar-refractivity contribution < 1.29 is 14.6 Å². The molecule has 1 aliphatic heterocycles. The van der Waals surface area contributed by atoms with Crippen LogP contribution in [0.5, 0.6) is 0 Å². The zero-order chi connectivity index (χ0) is 21.1. The second kappa shape index (κ2) is 6.79. The predicted octanol–water partition coefficient (Wildman–Crippen LogP) is 2.26. The van der Waals surface area contributed by atoms with Crippen LogP contribution in [0.2, 0.25) is 0 Å². The normalized spacial score (nSPS) is 25.8. The molecule has 1 aliphatic carbocycles. The molecule has 0 bridgehead atoms. The van der Waals surface area contributed by atoms with Crippen LogP contribution >= 0.6 is 0 Å². The Labute approximate surface area is 172 Å². The van der Waals surface area contributed by atoms with Gasteiger partial charge >= 0.3 is 0 Å². The Balaban J connectivity index is 1.40. The summed E-state index contributed by atoms with van der Waals surface area (Å²) in [5.74, 6) is 1.55. The minimum atomic E-state index is -0.914. The summed E-state index contributed by atoms with van der Waals surface area (Å²) in [6, 6.07) is 6.00. The highest BCUT2D eigenvalue weighted by molar-refractivity contribution is 5.83. The summed E-state index contributed by atoms with van der Waals surface area (Å²) in [5.41, 5.74) is 0.923. The molecule has 4 rings (SSSR count). The molecule has 7 heteroatoms. The number of hydrogen-bond acceptors (Lipinski definition) is 5. The lowest BCUT2D eigenvalue weighted by molar-refractivity contribution is -0.236. The van der Waals surface area contributed by atoms with E-state index in [1.165, 1.54) is 0 Å². The van der Waals surface area contributed by atoms with Crippen molar-refractivity contribution in [1.82, 2.24) is 19.6 Å². The van der Waals surface area contributed by atoms with E-state index in [9.17, 15) is 9.90 Å². The molecule has 1 saturated heterocycles. The number of aryl methyl sites for hydroxylation is 1. The number of aliphatic hydroxyl groups is 1. The van der Waals surface area contributed by atoms with E-state index in [2.05, 4.69) is 5.32 Å². The number of nitrogens with zero attached hydrogens (tertiary/aromatic N) is 3. The standard InChI is InChI=1S/C22H32N4O3/c1-13-23-18(16-9-7-8-10-26(13)16)22(5,6)24-19(27)17-14-11-25(12-15(14)17)20(28)29-21(2,3)4/h7-10,14-15,17,20,28H,11-12H2,1-6H3,(H,24,27)/t14-,15+,17+,20?. The molecule has 2 aliphatic rings. The fourth-order valence-corrected chi connectivity index (χ4v) is 4.62. The second-order valence-electron chi connectivity index (χ2n) is 9.94. The first-order chi connectivity index (χ1) is 13.5. The number of imidazole rings is 1. The number of pyridine rings is 1. The first-order valence-electron chi connectivity index (χ1n) is 10.3. The minimum absolute atomic E-state index is 0.00216. The number of rotatable bonds is 5. The van der Waals surface area contributed by atoms with Gasteiger partial charge in [-0.1, -0.05) is 6.07 Å². The zero-order valence-electron chi connectivity index (χ0n) is 18.1. The van der Waals surface area contributed by atoms with Gasteiger partial charge in [0, 0.05) is 25.2 Å². The van der Waals surface area contributed by atoms with Gasteiger partial charge in [0.05, 0.1) is 22.4 Å². The van der Waals surface area contributed by atoms with Gasteiger partial charge in [-0.05, 0) is 65.5 Å². The molecule has 2 aromatic heterocycles. The van der Waals surface area contributed by atoms with Crippen LogP contribution in [0.4, 0.5) is 0 Å². The van der Waals surface area contributed by atoms with E-state index in [-0.39, 0.29) is 23.7 Å². The maximum Gasteiger partial charge on any atom is 0.224 e. The molecule has 2 fully saturated rings. The smallest absolute Gasteiger partial charge is 0.224 e. The van der Waals surface area contributed by atoms with Crippen molar-refractivity contribution in [3.63, 3.8) is 0 Å². The van der Waals surface area contributed by atoms with E-state index in [1.807, 2.05) is 75.2 Å². The predicted molar refractivity (Wildman–Crippen MR) is 110 cm³/mol. The van der Waals surface area contributed by atoms with Crippen LogP contribution in [-0.2, 0) is 15.1 Å². The molecular weight excluding hydrogens is 368 g/mol. The maximum absolute atomic E-state index is 13.0. The summed E-state index contributed by atoms with van der Waals surface area (Å²) in [7, 11) is 0. The third-order valence-corrected chi connectivity index (χ3v) is 6.05. The van der Waals surface area contributed by atoms with E-state index < -0.39 is 17.6 Å². The molecule has 158 valence electrons. The number of amides is 1. The lowest BCUT2D eigenvalue weighted by atomic mass is 9.98. The highest BCUT2D eigenvalue weighted by Gasteiger charge is 2.60. The minimum Gasteiger partial charge on any atom is -0.356 e. The van der Waals surface area contributed by atoms with E-state index >= 15 is 0 Å². The lowest BCUT2D eigenvalue weighted by Gasteiger charge is -2.31. The second-order valence-corrected chi connectivity index (χ2v) is 9.94. The number of aromatic nitrogens is 2. The fourth-order valence-electron chi connectivity index (χ4n) is 4.62. The Morgan fingerprint density at radius 3 is 2.52 bits per heavy atom. The van der Waals surface area contributed by atoms with Gasteiger partial charge < -0.3 is 19.6 Å². The van der Waals surface area contributed by atoms with Gasteiger partial charge in [-0.3, -0.25) is 9.69 Å². The van der Waals surface area contributed by atoms with E-state index in [0.717, 1.165) is 17.0 Å². The Morgan fingerprint density at radius 1 is 1.24 bits per heavy atom. The van der Waals surface area contributed by atoms with Crippen LogP contribution < -0.4 is 5.32 Å². The van der Waals surface area contributed by atoms with Crippen molar-refractivity contribution in [3.8, 4) is 0 Å². The van der Waals surface area contributed by atoms with Gasteiger partial charge in [0.1, 0.15) is 5.82 Å². The van der Waals surface area contributed by atoms with Crippen molar-refractivity contribution in [2.45, 2.75) is 59.1 Å². The number of aliphatic hydroxyl groups excluding tert-OH is 1. The number of hydrogen-bond donors (Lipinski definition) is 2.